The van der Waals surface area contributed by atoms with Crippen LogP contribution in [0.15, 0.2) is 36.4 Å². The van der Waals surface area contributed by atoms with Crippen LogP contribution in [-0.4, -0.2) is 36.8 Å². The molecule has 0 spiro atoms. The molecule has 1 heterocycles. The van der Waals surface area contributed by atoms with Crippen molar-refractivity contribution in [2.24, 2.45) is 0 Å². The van der Waals surface area contributed by atoms with Crippen molar-refractivity contribution in [3.05, 3.63) is 47.8 Å². The predicted molar refractivity (Wildman–Crippen MR) is 103 cm³/mol. The first kappa shape index (κ1) is 18.6. The normalized spacial score (nSPS) is 10.7. The van der Waals surface area contributed by atoms with Crippen LogP contribution in [0.1, 0.15) is 23.1 Å². The molecule has 0 unspecified atom stereocenters. The Bertz CT molecular complexity index is 940. The molecule has 0 aliphatic heterocycles. The van der Waals surface area contributed by atoms with Gasteiger partial charge in [0, 0.05) is 12.1 Å². The van der Waals surface area contributed by atoms with E-state index in [-0.39, 0.29) is 5.91 Å². The van der Waals surface area contributed by atoms with Gasteiger partial charge < -0.3 is 24.1 Å². The molecule has 1 aromatic heterocycles. The predicted octanol–water partition coefficient (Wildman–Crippen LogP) is 3.01. The highest BCUT2D eigenvalue weighted by Gasteiger charge is 2.17. The fourth-order valence-corrected chi connectivity index (χ4v) is 3.09. The van der Waals surface area contributed by atoms with Gasteiger partial charge in [0.25, 0.3) is 5.91 Å². The number of hydrogen-bond acceptors (Lipinski definition) is 5. The minimum absolute atomic E-state index is 0.246. The summed E-state index contributed by atoms with van der Waals surface area (Å²) < 4.78 is 18.0. The Hall–Kier alpha value is -3.22. The maximum atomic E-state index is 12.7. The summed E-state index contributed by atoms with van der Waals surface area (Å²) in [5.74, 6) is 1.87. The number of carbonyl (C=O) groups is 1. The van der Waals surface area contributed by atoms with Crippen LogP contribution in [0.5, 0.6) is 17.2 Å². The summed E-state index contributed by atoms with van der Waals surface area (Å²) in [6.07, 6.45) is 0. The third-order valence-electron chi connectivity index (χ3n) is 4.38. The molecular weight excluding hydrogens is 346 g/mol. The maximum Gasteiger partial charge on any atom is 0.251 e. The number of rotatable bonds is 7. The molecular formula is C20H23N3O4. The van der Waals surface area contributed by atoms with Crippen molar-refractivity contribution in [1.29, 1.82) is 0 Å². The van der Waals surface area contributed by atoms with E-state index in [0.717, 1.165) is 23.4 Å². The smallest absolute Gasteiger partial charge is 0.251 e. The van der Waals surface area contributed by atoms with E-state index in [4.69, 9.17) is 14.2 Å². The van der Waals surface area contributed by atoms with E-state index in [2.05, 4.69) is 21.8 Å². The Morgan fingerprint density at radius 2 is 1.74 bits per heavy atom. The topological polar surface area (TPSA) is 74.6 Å². The number of aromatic nitrogens is 2. The van der Waals surface area contributed by atoms with Gasteiger partial charge in [-0.3, -0.25) is 4.79 Å². The lowest BCUT2D eigenvalue weighted by molar-refractivity contribution is 0.0948. The summed E-state index contributed by atoms with van der Waals surface area (Å²) in [6.45, 7) is 3.15. The molecule has 0 saturated carbocycles. The van der Waals surface area contributed by atoms with Crippen LogP contribution in [0.2, 0.25) is 0 Å². The van der Waals surface area contributed by atoms with Gasteiger partial charge in [0.15, 0.2) is 11.5 Å². The van der Waals surface area contributed by atoms with Crippen molar-refractivity contribution in [3.63, 3.8) is 0 Å². The van der Waals surface area contributed by atoms with Crippen molar-refractivity contribution in [2.75, 3.05) is 21.3 Å². The molecule has 27 heavy (non-hydrogen) atoms. The zero-order valence-electron chi connectivity index (χ0n) is 15.9. The summed E-state index contributed by atoms with van der Waals surface area (Å²) in [4.78, 5) is 17.3. The second-order valence-electron chi connectivity index (χ2n) is 5.86. The van der Waals surface area contributed by atoms with Gasteiger partial charge in [0.2, 0.25) is 5.75 Å². The Labute approximate surface area is 157 Å². The Kier molecular flexibility index (Phi) is 5.49. The minimum Gasteiger partial charge on any atom is -0.493 e. The highest BCUT2D eigenvalue weighted by molar-refractivity contribution is 5.95. The average molecular weight is 369 g/mol. The summed E-state index contributed by atoms with van der Waals surface area (Å²) >= 11 is 0. The van der Waals surface area contributed by atoms with E-state index < -0.39 is 0 Å². The Morgan fingerprint density at radius 1 is 1.07 bits per heavy atom. The molecule has 0 aliphatic carbocycles. The summed E-state index contributed by atoms with van der Waals surface area (Å²) in [5.41, 5.74) is 2.39. The monoisotopic (exact) mass is 369 g/mol. The second kappa shape index (κ2) is 7.99. The van der Waals surface area contributed by atoms with E-state index in [9.17, 15) is 4.79 Å². The summed E-state index contributed by atoms with van der Waals surface area (Å²) in [7, 11) is 4.56. The number of ether oxygens (including phenoxy) is 3. The van der Waals surface area contributed by atoms with Crippen LogP contribution >= 0.6 is 0 Å². The second-order valence-corrected chi connectivity index (χ2v) is 5.86. The van der Waals surface area contributed by atoms with Crippen molar-refractivity contribution in [2.45, 2.75) is 20.0 Å². The number of aryl methyl sites for hydroxylation is 1. The van der Waals surface area contributed by atoms with Gasteiger partial charge in [-0.2, -0.15) is 0 Å². The first-order chi connectivity index (χ1) is 13.1. The number of para-hydroxylation sites is 2. The molecule has 3 aromatic rings. The van der Waals surface area contributed by atoms with Gasteiger partial charge in [-0.1, -0.05) is 12.1 Å². The van der Waals surface area contributed by atoms with Crippen LogP contribution in [-0.2, 0) is 13.1 Å². The van der Waals surface area contributed by atoms with Crippen LogP contribution in [0, 0.1) is 0 Å². The number of benzene rings is 2. The molecule has 0 radical (unpaired) electrons. The standard InChI is InChI=1S/C20H23N3O4/c1-5-23-15-9-7-6-8-14(15)22-18(23)12-21-20(24)13-10-16(25-2)19(27-4)17(11-13)26-3/h6-11H,5,12H2,1-4H3,(H,21,24). The number of carbonyl (C=O) groups excluding carboxylic acids is 1. The number of imidazole rings is 1. The zero-order valence-corrected chi connectivity index (χ0v) is 15.9. The molecule has 0 fully saturated rings. The molecule has 7 heteroatoms. The minimum atomic E-state index is -0.246. The SMILES string of the molecule is CCn1c(CNC(=O)c2cc(OC)c(OC)c(OC)c2)nc2ccccc21. The van der Waals surface area contributed by atoms with Crippen molar-refractivity contribution >= 4 is 16.9 Å². The van der Waals surface area contributed by atoms with E-state index >= 15 is 0 Å². The maximum absolute atomic E-state index is 12.7. The van der Waals surface area contributed by atoms with Gasteiger partial charge in [0.05, 0.1) is 38.9 Å². The molecule has 0 saturated heterocycles. The molecule has 0 bridgehead atoms. The fourth-order valence-electron chi connectivity index (χ4n) is 3.09. The summed E-state index contributed by atoms with van der Waals surface area (Å²) in [5, 5.41) is 2.92. The van der Waals surface area contributed by atoms with Crippen LogP contribution in [0.3, 0.4) is 0 Å². The van der Waals surface area contributed by atoms with Crippen LogP contribution < -0.4 is 19.5 Å². The van der Waals surface area contributed by atoms with Crippen molar-refractivity contribution in [3.8, 4) is 17.2 Å². The lowest BCUT2D eigenvalue weighted by Gasteiger charge is -2.14. The fraction of sp³-hybridized carbons (Fsp3) is 0.300. The zero-order chi connectivity index (χ0) is 19.4. The molecule has 3 rings (SSSR count). The van der Waals surface area contributed by atoms with E-state index in [1.165, 1.54) is 21.3 Å². The Morgan fingerprint density at radius 3 is 2.33 bits per heavy atom. The largest absolute Gasteiger partial charge is 0.493 e. The number of hydrogen-bond donors (Lipinski definition) is 1. The van der Waals surface area contributed by atoms with Crippen LogP contribution in [0.25, 0.3) is 11.0 Å². The van der Waals surface area contributed by atoms with Crippen LogP contribution in [0.4, 0.5) is 0 Å². The van der Waals surface area contributed by atoms with Gasteiger partial charge in [-0.15, -0.1) is 0 Å². The molecule has 1 N–H and O–H groups in total. The van der Waals surface area contributed by atoms with E-state index in [1.54, 1.807) is 12.1 Å². The highest BCUT2D eigenvalue weighted by atomic mass is 16.5. The third kappa shape index (κ3) is 3.53. The van der Waals surface area contributed by atoms with Gasteiger partial charge in [0.1, 0.15) is 5.82 Å². The lowest BCUT2D eigenvalue weighted by atomic mass is 10.1. The number of nitrogens with one attached hydrogen (secondary N) is 1. The van der Waals surface area contributed by atoms with E-state index in [1.807, 2.05) is 24.3 Å². The molecule has 0 aliphatic rings. The quantitative estimate of drug-likeness (QED) is 0.693. The van der Waals surface area contributed by atoms with Gasteiger partial charge >= 0.3 is 0 Å². The summed E-state index contributed by atoms with van der Waals surface area (Å²) in [6, 6.07) is 11.2. The third-order valence-corrected chi connectivity index (χ3v) is 4.38. The molecule has 0 atom stereocenters. The molecule has 2 aromatic carbocycles. The molecule has 1 amide bonds. The number of amides is 1. The lowest BCUT2D eigenvalue weighted by Crippen LogP contribution is -2.24. The van der Waals surface area contributed by atoms with Crippen molar-refractivity contribution in [1.82, 2.24) is 14.9 Å². The van der Waals surface area contributed by atoms with E-state index in [0.29, 0.717) is 29.4 Å². The van der Waals surface area contributed by atoms with Crippen molar-refractivity contribution < 1.29 is 19.0 Å². The average Bonchev–Trinajstić information content (AvgIpc) is 3.08. The van der Waals surface area contributed by atoms with Gasteiger partial charge in [-0.25, -0.2) is 4.98 Å². The molecule has 142 valence electrons. The highest BCUT2D eigenvalue weighted by Crippen LogP contribution is 2.38. The number of fused-ring (bicyclic) bond motifs is 1. The molecule has 7 nitrogen and oxygen atoms in total. The van der Waals surface area contributed by atoms with Gasteiger partial charge in [-0.05, 0) is 31.2 Å². The number of nitrogens with zero attached hydrogens (tertiary/aromatic N) is 2. The first-order valence-corrected chi connectivity index (χ1v) is 8.65. The Balaban J connectivity index is 1.84. The number of methoxy groups -OCH3 is 3. The first-order valence-electron chi connectivity index (χ1n) is 8.65.